The van der Waals surface area contributed by atoms with Gasteiger partial charge in [-0.1, -0.05) is 17.7 Å². The van der Waals surface area contributed by atoms with Crippen molar-refractivity contribution in [3.8, 4) is 0 Å². The number of nitrogens with one attached hydrogen (secondary N) is 1. The fraction of sp³-hybridized carbons (Fsp3) is 0.217. The number of furan rings is 1. The molecule has 7 nitrogen and oxygen atoms in total. The molecule has 0 amide bonds. The van der Waals surface area contributed by atoms with Crippen LogP contribution in [0.3, 0.4) is 0 Å². The highest BCUT2D eigenvalue weighted by Crippen LogP contribution is 2.18. The van der Waals surface area contributed by atoms with Crippen molar-refractivity contribution in [3.05, 3.63) is 88.4 Å². The highest BCUT2D eigenvalue weighted by molar-refractivity contribution is 7.89. The maximum atomic E-state index is 12.5. The van der Waals surface area contributed by atoms with Crippen LogP contribution in [0.2, 0.25) is 0 Å². The molecular formula is C23H23NO6S. The molecular weight excluding hydrogens is 418 g/mol. The summed E-state index contributed by atoms with van der Waals surface area (Å²) >= 11 is 0. The van der Waals surface area contributed by atoms with Gasteiger partial charge in [0.2, 0.25) is 15.8 Å². The van der Waals surface area contributed by atoms with Crippen LogP contribution < -0.4 is 4.72 Å². The minimum Gasteiger partial charge on any atom is -0.468 e. The number of rotatable bonds is 8. The zero-order valence-corrected chi connectivity index (χ0v) is 18.3. The molecule has 3 aromatic rings. The summed E-state index contributed by atoms with van der Waals surface area (Å²) in [6, 6.07) is 12.4. The Balaban J connectivity index is 1.62. The Morgan fingerprint density at radius 2 is 1.65 bits per heavy atom. The highest BCUT2D eigenvalue weighted by atomic mass is 32.2. The molecule has 0 saturated carbocycles. The van der Waals surface area contributed by atoms with Gasteiger partial charge in [0.05, 0.1) is 23.3 Å². The van der Waals surface area contributed by atoms with Crippen molar-refractivity contribution < 1.29 is 27.2 Å². The second-order valence-corrected chi connectivity index (χ2v) is 8.97. The molecule has 0 atom stereocenters. The lowest BCUT2D eigenvalue weighted by molar-refractivity contribution is 0.0474. The second kappa shape index (κ2) is 9.28. The van der Waals surface area contributed by atoms with Crippen molar-refractivity contribution >= 4 is 21.8 Å². The molecule has 0 radical (unpaired) electrons. The number of ketones is 1. The standard InChI is InChI=1S/C23H23NO6S/c1-15-11-16(2)22(17(3)12-15)21(25)14-30-23(26)18-6-8-20(9-7-18)31(27,28)24-13-19-5-4-10-29-19/h4-12,24H,13-14H2,1-3H3. The van der Waals surface area contributed by atoms with E-state index in [1.54, 1.807) is 12.1 Å². The number of carbonyl (C=O) groups excluding carboxylic acids is 2. The predicted octanol–water partition coefficient (Wildman–Crippen LogP) is 3.72. The summed E-state index contributed by atoms with van der Waals surface area (Å²) in [7, 11) is -3.77. The molecule has 0 unspecified atom stereocenters. The van der Waals surface area contributed by atoms with Crippen LogP contribution in [0.25, 0.3) is 0 Å². The molecule has 2 aromatic carbocycles. The smallest absolute Gasteiger partial charge is 0.338 e. The number of aryl methyl sites for hydroxylation is 3. The molecule has 0 spiro atoms. The van der Waals surface area contributed by atoms with Gasteiger partial charge in [-0.05, 0) is 68.3 Å². The lowest BCUT2D eigenvalue weighted by Crippen LogP contribution is -2.23. The highest BCUT2D eigenvalue weighted by Gasteiger charge is 2.18. The van der Waals surface area contributed by atoms with Crippen molar-refractivity contribution in [2.45, 2.75) is 32.2 Å². The summed E-state index contributed by atoms with van der Waals surface area (Å²) in [5, 5.41) is 0. The fourth-order valence-electron chi connectivity index (χ4n) is 3.34. The van der Waals surface area contributed by atoms with Crippen molar-refractivity contribution in [2.24, 2.45) is 0 Å². The van der Waals surface area contributed by atoms with Gasteiger partial charge in [-0.3, -0.25) is 4.79 Å². The van der Waals surface area contributed by atoms with Crippen LogP contribution in [0.15, 0.2) is 64.1 Å². The molecule has 0 bridgehead atoms. The van der Waals surface area contributed by atoms with Gasteiger partial charge in [-0.15, -0.1) is 0 Å². The molecule has 1 N–H and O–H groups in total. The molecule has 162 valence electrons. The predicted molar refractivity (Wildman–Crippen MR) is 114 cm³/mol. The van der Waals surface area contributed by atoms with E-state index in [-0.39, 0.29) is 22.8 Å². The Hall–Kier alpha value is -3.23. The molecule has 0 saturated heterocycles. The van der Waals surface area contributed by atoms with Gasteiger partial charge in [-0.2, -0.15) is 0 Å². The van der Waals surface area contributed by atoms with E-state index >= 15 is 0 Å². The van der Waals surface area contributed by atoms with E-state index in [4.69, 9.17) is 9.15 Å². The molecule has 0 fully saturated rings. The second-order valence-electron chi connectivity index (χ2n) is 7.20. The normalized spacial score (nSPS) is 11.3. The third-order valence-electron chi connectivity index (χ3n) is 4.71. The van der Waals surface area contributed by atoms with E-state index in [2.05, 4.69) is 4.72 Å². The van der Waals surface area contributed by atoms with Crippen LogP contribution in [-0.2, 0) is 21.3 Å². The van der Waals surface area contributed by atoms with E-state index in [0.29, 0.717) is 11.3 Å². The Morgan fingerprint density at radius 3 is 2.23 bits per heavy atom. The van der Waals surface area contributed by atoms with Gasteiger partial charge >= 0.3 is 5.97 Å². The zero-order valence-electron chi connectivity index (χ0n) is 17.5. The number of hydrogen-bond acceptors (Lipinski definition) is 6. The average Bonchev–Trinajstić information content (AvgIpc) is 3.24. The van der Waals surface area contributed by atoms with Crippen molar-refractivity contribution in [1.82, 2.24) is 4.72 Å². The molecule has 1 aromatic heterocycles. The third-order valence-corrected chi connectivity index (χ3v) is 6.12. The van der Waals surface area contributed by atoms with E-state index in [0.717, 1.165) is 16.7 Å². The summed E-state index contributed by atoms with van der Waals surface area (Å²) in [6.45, 7) is 5.25. The average molecular weight is 442 g/mol. The quantitative estimate of drug-likeness (QED) is 0.422. The lowest BCUT2D eigenvalue weighted by atomic mass is 9.97. The van der Waals surface area contributed by atoms with Gasteiger partial charge in [0, 0.05) is 5.56 Å². The van der Waals surface area contributed by atoms with Gasteiger partial charge < -0.3 is 9.15 Å². The van der Waals surface area contributed by atoms with Crippen LogP contribution in [0.5, 0.6) is 0 Å². The molecule has 0 aliphatic heterocycles. The number of hydrogen-bond donors (Lipinski definition) is 1. The summed E-state index contributed by atoms with van der Waals surface area (Å²) in [5.41, 5.74) is 3.40. The number of carbonyl (C=O) groups is 2. The first-order valence-electron chi connectivity index (χ1n) is 9.57. The minimum atomic E-state index is -3.77. The summed E-state index contributed by atoms with van der Waals surface area (Å²) < 4.78 is 37.4. The maximum absolute atomic E-state index is 12.5. The molecule has 0 aliphatic carbocycles. The summed E-state index contributed by atoms with van der Waals surface area (Å²) in [5.74, 6) is -0.513. The van der Waals surface area contributed by atoms with Crippen LogP contribution in [0.4, 0.5) is 0 Å². The summed E-state index contributed by atoms with van der Waals surface area (Å²) in [6.07, 6.45) is 1.45. The van der Waals surface area contributed by atoms with Crippen LogP contribution in [-0.4, -0.2) is 26.8 Å². The number of benzene rings is 2. The summed E-state index contributed by atoms with van der Waals surface area (Å²) in [4.78, 5) is 24.8. The first-order chi connectivity index (χ1) is 14.7. The largest absolute Gasteiger partial charge is 0.468 e. The minimum absolute atomic E-state index is 0.00223. The van der Waals surface area contributed by atoms with Crippen LogP contribution in [0, 0.1) is 20.8 Å². The molecule has 1 heterocycles. The van der Waals surface area contributed by atoms with Crippen molar-refractivity contribution in [1.29, 1.82) is 0 Å². The topological polar surface area (TPSA) is 103 Å². The Bertz CT molecular complexity index is 1170. The molecule has 8 heteroatoms. The maximum Gasteiger partial charge on any atom is 0.338 e. The monoisotopic (exact) mass is 441 g/mol. The van der Waals surface area contributed by atoms with Crippen molar-refractivity contribution in [2.75, 3.05) is 6.61 Å². The van der Waals surface area contributed by atoms with Crippen LogP contribution in [0.1, 0.15) is 43.2 Å². The molecule has 0 aliphatic rings. The lowest BCUT2D eigenvalue weighted by Gasteiger charge is -2.11. The zero-order chi connectivity index (χ0) is 22.6. The van der Waals surface area contributed by atoms with E-state index in [9.17, 15) is 18.0 Å². The number of Topliss-reactive ketones (excluding diaryl/α,β-unsaturated/α-hetero) is 1. The first kappa shape index (κ1) is 22.5. The third kappa shape index (κ3) is 5.48. The number of sulfonamides is 1. The van der Waals surface area contributed by atoms with Gasteiger partial charge in [0.25, 0.3) is 0 Å². The van der Waals surface area contributed by atoms with Gasteiger partial charge in [0.15, 0.2) is 6.61 Å². The molecule has 3 rings (SSSR count). The first-order valence-corrected chi connectivity index (χ1v) is 11.1. The van der Waals surface area contributed by atoms with Crippen LogP contribution >= 0.6 is 0 Å². The number of ether oxygens (including phenoxy) is 1. The number of esters is 1. The van der Waals surface area contributed by atoms with E-state index in [1.165, 1.54) is 30.5 Å². The van der Waals surface area contributed by atoms with Gasteiger partial charge in [-0.25, -0.2) is 17.9 Å². The Kier molecular flexibility index (Phi) is 6.72. The van der Waals surface area contributed by atoms with E-state index < -0.39 is 22.6 Å². The van der Waals surface area contributed by atoms with Gasteiger partial charge in [0.1, 0.15) is 5.76 Å². The van der Waals surface area contributed by atoms with E-state index in [1.807, 2.05) is 32.9 Å². The Morgan fingerprint density at radius 1 is 1.00 bits per heavy atom. The SMILES string of the molecule is Cc1cc(C)c(C(=O)COC(=O)c2ccc(S(=O)(=O)NCc3ccco3)cc2)c(C)c1. The Labute approximate surface area is 181 Å². The fourth-order valence-corrected chi connectivity index (χ4v) is 4.33. The van der Waals surface area contributed by atoms with Crippen molar-refractivity contribution in [3.63, 3.8) is 0 Å². The molecule has 31 heavy (non-hydrogen) atoms.